The summed E-state index contributed by atoms with van der Waals surface area (Å²) in [6.45, 7) is 1.92. The van der Waals surface area contributed by atoms with Crippen LogP contribution in [0.4, 0.5) is 5.69 Å². The second-order valence-corrected chi connectivity index (χ2v) is 6.69. The molecule has 0 saturated heterocycles. The van der Waals surface area contributed by atoms with Crippen LogP contribution in [0.25, 0.3) is 16.9 Å². The molecule has 4 rings (SSSR count). The van der Waals surface area contributed by atoms with Crippen molar-refractivity contribution in [3.05, 3.63) is 78.8 Å². The van der Waals surface area contributed by atoms with Crippen LogP contribution >= 0.6 is 0 Å². The highest BCUT2D eigenvalue weighted by Crippen LogP contribution is 2.27. The molecule has 29 heavy (non-hydrogen) atoms. The minimum Gasteiger partial charge on any atom is -0.494 e. The molecule has 4 aromatic rings. The van der Waals surface area contributed by atoms with E-state index in [9.17, 15) is 4.79 Å². The van der Waals surface area contributed by atoms with Gasteiger partial charge in [-0.05, 0) is 19.1 Å². The Morgan fingerprint density at radius 1 is 1.10 bits per heavy atom. The van der Waals surface area contributed by atoms with Gasteiger partial charge in [0.25, 0.3) is 5.91 Å². The first-order chi connectivity index (χ1) is 14.0. The molecule has 1 N–H and O–H groups in total. The van der Waals surface area contributed by atoms with Crippen LogP contribution in [0.1, 0.15) is 16.3 Å². The number of imidazole rings is 2. The zero-order valence-electron chi connectivity index (χ0n) is 16.5. The van der Waals surface area contributed by atoms with E-state index in [0.29, 0.717) is 17.3 Å². The predicted octanol–water partition coefficient (Wildman–Crippen LogP) is 3.84. The van der Waals surface area contributed by atoms with Gasteiger partial charge in [0.05, 0.1) is 30.5 Å². The SMILES string of the molecule is COc1cc(NC(=O)c2nc(-c3ccccc3)cn2C)ccc1-n1cnc(C)c1. The van der Waals surface area contributed by atoms with E-state index in [1.807, 2.05) is 66.3 Å². The number of carbonyl (C=O) groups is 1. The molecular formula is C22H21N5O2. The molecule has 0 bridgehead atoms. The van der Waals surface area contributed by atoms with Gasteiger partial charge < -0.3 is 19.2 Å². The number of carbonyl (C=O) groups excluding carboxylic acids is 1. The monoisotopic (exact) mass is 387 g/mol. The van der Waals surface area contributed by atoms with Gasteiger partial charge in [0, 0.05) is 36.8 Å². The molecule has 2 heterocycles. The number of anilines is 1. The Morgan fingerprint density at radius 2 is 1.90 bits per heavy atom. The summed E-state index contributed by atoms with van der Waals surface area (Å²) >= 11 is 0. The first-order valence-electron chi connectivity index (χ1n) is 9.14. The average molecular weight is 387 g/mol. The zero-order valence-corrected chi connectivity index (χ0v) is 16.5. The van der Waals surface area contributed by atoms with Crippen molar-refractivity contribution in [3.8, 4) is 22.7 Å². The predicted molar refractivity (Wildman–Crippen MR) is 111 cm³/mol. The van der Waals surface area contributed by atoms with Crippen LogP contribution in [0, 0.1) is 6.92 Å². The van der Waals surface area contributed by atoms with Gasteiger partial charge in [-0.3, -0.25) is 4.79 Å². The number of hydrogen-bond acceptors (Lipinski definition) is 4. The normalized spacial score (nSPS) is 10.7. The molecule has 2 aromatic carbocycles. The highest BCUT2D eigenvalue weighted by atomic mass is 16.5. The summed E-state index contributed by atoms with van der Waals surface area (Å²) in [7, 11) is 3.40. The van der Waals surface area contributed by atoms with Gasteiger partial charge in [-0.2, -0.15) is 0 Å². The van der Waals surface area contributed by atoms with Crippen LogP contribution in [-0.4, -0.2) is 32.1 Å². The zero-order chi connectivity index (χ0) is 20.4. The van der Waals surface area contributed by atoms with Crippen LogP contribution in [0.5, 0.6) is 5.75 Å². The van der Waals surface area contributed by atoms with E-state index in [2.05, 4.69) is 15.3 Å². The summed E-state index contributed by atoms with van der Waals surface area (Å²) in [4.78, 5) is 21.5. The standard InChI is InChI=1S/C22H21N5O2/c1-15-12-27(14-23-15)19-10-9-17(11-20(19)29-3)24-22(28)21-25-18(13-26(21)2)16-7-5-4-6-8-16/h4-14H,1-3H3,(H,24,28). The van der Waals surface area contributed by atoms with Gasteiger partial charge in [0.2, 0.25) is 0 Å². The molecule has 0 unspecified atom stereocenters. The Bertz CT molecular complexity index is 1160. The van der Waals surface area contributed by atoms with Gasteiger partial charge in [0.1, 0.15) is 5.75 Å². The van der Waals surface area contributed by atoms with Crippen molar-refractivity contribution in [3.63, 3.8) is 0 Å². The lowest BCUT2D eigenvalue weighted by atomic mass is 10.2. The lowest BCUT2D eigenvalue weighted by Crippen LogP contribution is -2.16. The number of aromatic nitrogens is 4. The highest BCUT2D eigenvalue weighted by Gasteiger charge is 2.16. The number of nitrogens with one attached hydrogen (secondary N) is 1. The molecule has 0 atom stereocenters. The van der Waals surface area contributed by atoms with Crippen molar-refractivity contribution in [2.75, 3.05) is 12.4 Å². The molecule has 7 nitrogen and oxygen atoms in total. The maximum atomic E-state index is 12.8. The molecule has 0 spiro atoms. The van der Waals surface area contributed by atoms with Crippen molar-refractivity contribution in [2.45, 2.75) is 6.92 Å². The molecule has 0 aliphatic carbocycles. The molecule has 1 amide bonds. The number of nitrogens with zero attached hydrogens (tertiary/aromatic N) is 4. The molecule has 7 heteroatoms. The van der Waals surface area contributed by atoms with Crippen molar-refractivity contribution in [1.82, 2.24) is 19.1 Å². The van der Waals surface area contributed by atoms with Gasteiger partial charge in [-0.15, -0.1) is 0 Å². The Hall–Kier alpha value is -3.87. The lowest BCUT2D eigenvalue weighted by molar-refractivity contribution is 0.101. The Kier molecular flexibility index (Phi) is 4.87. The average Bonchev–Trinajstić information content (AvgIpc) is 3.34. The fraction of sp³-hybridized carbons (Fsp3) is 0.136. The second kappa shape index (κ2) is 7.63. The fourth-order valence-electron chi connectivity index (χ4n) is 3.13. The van der Waals surface area contributed by atoms with E-state index in [1.54, 1.807) is 31.1 Å². The van der Waals surface area contributed by atoms with Crippen LogP contribution in [0.2, 0.25) is 0 Å². The fourth-order valence-corrected chi connectivity index (χ4v) is 3.13. The summed E-state index contributed by atoms with van der Waals surface area (Å²) in [6.07, 6.45) is 5.48. The van der Waals surface area contributed by atoms with Crippen molar-refractivity contribution >= 4 is 11.6 Å². The minimum absolute atomic E-state index is 0.289. The van der Waals surface area contributed by atoms with E-state index in [0.717, 1.165) is 22.6 Å². The number of aryl methyl sites for hydroxylation is 2. The van der Waals surface area contributed by atoms with E-state index >= 15 is 0 Å². The van der Waals surface area contributed by atoms with Gasteiger partial charge in [-0.25, -0.2) is 9.97 Å². The van der Waals surface area contributed by atoms with Gasteiger partial charge in [-0.1, -0.05) is 30.3 Å². The molecule has 2 aromatic heterocycles. The minimum atomic E-state index is -0.289. The number of rotatable bonds is 5. The largest absolute Gasteiger partial charge is 0.494 e. The molecule has 0 radical (unpaired) electrons. The van der Waals surface area contributed by atoms with E-state index in [4.69, 9.17) is 4.74 Å². The second-order valence-electron chi connectivity index (χ2n) is 6.69. The van der Waals surface area contributed by atoms with Crippen molar-refractivity contribution in [1.29, 1.82) is 0 Å². The molecule has 0 aliphatic heterocycles. The molecule has 146 valence electrons. The lowest BCUT2D eigenvalue weighted by Gasteiger charge is -2.12. The van der Waals surface area contributed by atoms with E-state index in [-0.39, 0.29) is 5.91 Å². The quantitative estimate of drug-likeness (QED) is 0.565. The van der Waals surface area contributed by atoms with Gasteiger partial charge in [0.15, 0.2) is 5.82 Å². The third kappa shape index (κ3) is 3.75. The van der Waals surface area contributed by atoms with Crippen LogP contribution in [0.15, 0.2) is 67.3 Å². The highest BCUT2D eigenvalue weighted by molar-refractivity contribution is 6.02. The molecular weight excluding hydrogens is 366 g/mol. The Labute approximate surface area is 168 Å². The van der Waals surface area contributed by atoms with Gasteiger partial charge >= 0.3 is 0 Å². The number of benzene rings is 2. The summed E-state index contributed by atoms with van der Waals surface area (Å²) < 4.78 is 9.10. The molecule has 0 aliphatic rings. The van der Waals surface area contributed by atoms with Crippen LogP contribution in [-0.2, 0) is 7.05 Å². The van der Waals surface area contributed by atoms with E-state index < -0.39 is 0 Å². The number of ether oxygens (including phenoxy) is 1. The van der Waals surface area contributed by atoms with Crippen molar-refractivity contribution in [2.24, 2.45) is 7.05 Å². The van der Waals surface area contributed by atoms with Crippen molar-refractivity contribution < 1.29 is 9.53 Å². The molecule has 0 fully saturated rings. The number of hydrogen-bond donors (Lipinski definition) is 1. The number of methoxy groups -OCH3 is 1. The van der Waals surface area contributed by atoms with E-state index in [1.165, 1.54) is 0 Å². The maximum absolute atomic E-state index is 12.8. The maximum Gasteiger partial charge on any atom is 0.291 e. The first-order valence-corrected chi connectivity index (χ1v) is 9.14. The first kappa shape index (κ1) is 18.5. The number of amides is 1. The Balaban J connectivity index is 1.58. The Morgan fingerprint density at radius 3 is 2.59 bits per heavy atom. The smallest absolute Gasteiger partial charge is 0.291 e. The van der Waals surface area contributed by atoms with Crippen LogP contribution in [0.3, 0.4) is 0 Å². The summed E-state index contributed by atoms with van der Waals surface area (Å²) in [5.41, 5.74) is 4.09. The third-order valence-corrected chi connectivity index (χ3v) is 4.58. The van der Waals surface area contributed by atoms with Crippen LogP contribution < -0.4 is 10.1 Å². The third-order valence-electron chi connectivity index (χ3n) is 4.58. The summed E-state index contributed by atoms with van der Waals surface area (Å²) in [5, 5.41) is 2.90. The summed E-state index contributed by atoms with van der Waals surface area (Å²) in [5.74, 6) is 0.671. The molecule has 0 saturated carbocycles. The topological polar surface area (TPSA) is 74.0 Å². The summed E-state index contributed by atoms with van der Waals surface area (Å²) in [6, 6.07) is 15.2.